The van der Waals surface area contributed by atoms with Gasteiger partial charge in [-0.2, -0.15) is 5.10 Å². The lowest BCUT2D eigenvalue weighted by molar-refractivity contribution is 0.0948. The summed E-state index contributed by atoms with van der Waals surface area (Å²) in [4.78, 5) is 12.6. The summed E-state index contributed by atoms with van der Waals surface area (Å²) in [5.41, 5.74) is 2.66. The summed E-state index contributed by atoms with van der Waals surface area (Å²) in [5, 5.41) is 15.5. The molecular formula is C22H23N5O3. The monoisotopic (exact) mass is 405 g/mol. The van der Waals surface area contributed by atoms with Crippen LogP contribution in [0.2, 0.25) is 0 Å². The minimum Gasteiger partial charge on any atom is -0.467 e. The number of carbonyl (C=O) groups excluding carboxylic acids is 1. The van der Waals surface area contributed by atoms with Crippen LogP contribution in [-0.4, -0.2) is 25.9 Å². The van der Waals surface area contributed by atoms with Gasteiger partial charge in [0.15, 0.2) is 0 Å². The average molecular weight is 405 g/mol. The lowest BCUT2D eigenvalue weighted by Gasteiger charge is -2.20. The van der Waals surface area contributed by atoms with Crippen molar-refractivity contribution in [1.29, 1.82) is 0 Å². The van der Waals surface area contributed by atoms with E-state index in [9.17, 15) is 4.79 Å². The van der Waals surface area contributed by atoms with Crippen LogP contribution in [0, 0.1) is 6.92 Å². The summed E-state index contributed by atoms with van der Waals surface area (Å²) >= 11 is 0. The highest BCUT2D eigenvalue weighted by Crippen LogP contribution is 2.29. The first-order valence-electron chi connectivity index (χ1n) is 9.63. The summed E-state index contributed by atoms with van der Waals surface area (Å²) < 4.78 is 12.6. The topological polar surface area (TPSA) is 99.0 Å². The molecule has 0 unspecified atom stereocenters. The van der Waals surface area contributed by atoms with E-state index >= 15 is 0 Å². The molecule has 4 rings (SSSR count). The molecule has 3 heterocycles. The highest BCUT2D eigenvalue weighted by molar-refractivity contribution is 5.94. The van der Waals surface area contributed by atoms with Crippen molar-refractivity contribution in [3.05, 3.63) is 71.6 Å². The number of nitrogens with zero attached hydrogens (tertiary/aromatic N) is 4. The van der Waals surface area contributed by atoms with E-state index in [1.54, 1.807) is 25.3 Å². The Bertz CT molecular complexity index is 1170. The van der Waals surface area contributed by atoms with Crippen LogP contribution in [0.15, 0.2) is 57.6 Å². The van der Waals surface area contributed by atoms with Gasteiger partial charge in [-0.3, -0.25) is 4.79 Å². The Morgan fingerprint density at radius 3 is 2.63 bits per heavy atom. The van der Waals surface area contributed by atoms with Gasteiger partial charge in [0.1, 0.15) is 11.5 Å². The van der Waals surface area contributed by atoms with Crippen molar-refractivity contribution in [2.24, 2.45) is 0 Å². The average Bonchev–Trinajstić information content (AvgIpc) is 3.45. The van der Waals surface area contributed by atoms with E-state index < -0.39 is 0 Å². The maximum atomic E-state index is 12.6. The van der Waals surface area contributed by atoms with Crippen LogP contribution in [0.3, 0.4) is 0 Å². The van der Waals surface area contributed by atoms with Crippen LogP contribution in [0.5, 0.6) is 0 Å². The summed E-state index contributed by atoms with van der Waals surface area (Å²) in [6.07, 6.45) is 1.58. The molecular weight excluding hydrogens is 382 g/mol. The molecule has 0 atom stereocenters. The normalized spacial score (nSPS) is 11.6. The first-order valence-corrected chi connectivity index (χ1v) is 9.63. The fourth-order valence-corrected chi connectivity index (χ4v) is 3.08. The molecule has 1 aromatic carbocycles. The predicted octanol–water partition coefficient (Wildman–Crippen LogP) is 4.05. The van der Waals surface area contributed by atoms with Crippen LogP contribution < -0.4 is 5.32 Å². The maximum absolute atomic E-state index is 12.6. The van der Waals surface area contributed by atoms with Gasteiger partial charge >= 0.3 is 0 Å². The Morgan fingerprint density at radius 1 is 1.13 bits per heavy atom. The lowest BCUT2D eigenvalue weighted by Crippen LogP contribution is -2.23. The minimum absolute atomic E-state index is 0.189. The van der Waals surface area contributed by atoms with E-state index in [0.717, 1.165) is 11.4 Å². The molecule has 1 N–H and O–H groups in total. The maximum Gasteiger partial charge on any atom is 0.268 e. The molecule has 8 heteroatoms. The van der Waals surface area contributed by atoms with E-state index in [0.29, 0.717) is 35.3 Å². The third-order valence-corrected chi connectivity index (χ3v) is 4.58. The number of amides is 1. The minimum atomic E-state index is -0.197. The van der Waals surface area contributed by atoms with Crippen LogP contribution in [0.25, 0.3) is 17.3 Å². The van der Waals surface area contributed by atoms with Gasteiger partial charge in [-0.25, -0.2) is 4.68 Å². The van der Waals surface area contributed by atoms with Gasteiger partial charge in [-0.1, -0.05) is 26.8 Å². The number of furan rings is 1. The SMILES string of the molecule is Cc1nnc(-c2cc(C(C)(C)C)n(-c3cccc(C(=O)NCc4ccco4)c3)n2)o1. The number of aromatic nitrogens is 4. The van der Waals surface area contributed by atoms with E-state index in [2.05, 4.69) is 36.3 Å². The van der Waals surface area contributed by atoms with E-state index in [1.807, 2.05) is 35.0 Å². The van der Waals surface area contributed by atoms with Crippen molar-refractivity contribution >= 4 is 5.91 Å². The van der Waals surface area contributed by atoms with Crippen LogP contribution in [-0.2, 0) is 12.0 Å². The Labute approximate surface area is 173 Å². The van der Waals surface area contributed by atoms with Crippen molar-refractivity contribution in [3.8, 4) is 17.3 Å². The molecule has 3 aromatic heterocycles. The second-order valence-electron chi connectivity index (χ2n) is 8.02. The van der Waals surface area contributed by atoms with E-state index in [-0.39, 0.29) is 11.3 Å². The van der Waals surface area contributed by atoms with Gasteiger partial charge in [0, 0.05) is 17.9 Å². The lowest BCUT2D eigenvalue weighted by atomic mass is 9.91. The Balaban J connectivity index is 1.67. The zero-order valence-corrected chi connectivity index (χ0v) is 17.3. The summed E-state index contributed by atoms with van der Waals surface area (Å²) in [6.45, 7) is 8.37. The molecule has 0 aliphatic rings. The zero-order chi connectivity index (χ0) is 21.3. The molecule has 0 bridgehead atoms. The highest BCUT2D eigenvalue weighted by atomic mass is 16.4. The molecule has 0 aliphatic heterocycles. The van der Waals surface area contributed by atoms with Crippen molar-refractivity contribution in [2.75, 3.05) is 0 Å². The number of aryl methyl sites for hydroxylation is 1. The van der Waals surface area contributed by atoms with E-state index in [1.165, 1.54) is 0 Å². The second-order valence-corrected chi connectivity index (χ2v) is 8.02. The highest BCUT2D eigenvalue weighted by Gasteiger charge is 2.24. The van der Waals surface area contributed by atoms with Gasteiger partial charge in [0.05, 0.1) is 24.2 Å². The Morgan fingerprint density at radius 2 is 1.97 bits per heavy atom. The van der Waals surface area contributed by atoms with Crippen molar-refractivity contribution < 1.29 is 13.6 Å². The van der Waals surface area contributed by atoms with Crippen LogP contribution in [0.4, 0.5) is 0 Å². The largest absolute Gasteiger partial charge is 0.467 e. The van der Waals surface area contributed by atoms with Crippen LogP contribution >= 0.6 is 0 Å². The Hall–Kier alpha value is -3.68. The molecule has 30 heavy (non-hydrogen) atoms. The molecule has 0 fully saturated rings. The first-order chi connectivity index (χ1) is 14.3. The second kappa shape index (κ2) is 7.62. The molecule has 154 valence electrons. The molecule has 0 saturated heterocycles. The van der Waals surface area contributed by atoms with Crippen LogP contribution in [0.1, 0.15) is 48.5 Å². The summed E-state index contributed by atoms with van der Waals surface area (Å²) in [5.74, 6) is 1.35. The number of hydrogen-bond donors (Lipinski definition) is 1. The van der Waals surface area contributed by atoms with Crippen molar-refractivity contribution in [3.63, 3.8) is 0 Å². The molecule has 0 aliphatic carbocycles. The molecule has 0 radical (unpaired) electrons. The van der Waals surface area contributed by atoms with Gasteiger partial charge in [-0.15, -0.1) is 10.2 Å². The molecule has 8 nitrogen and oxygen atoms in total. The summed E-state index contributed by atoms with van der Waals surface area (Å²) in [6, 6.07) is 12.9. The molecule has 4 aromatic rings. The number of hydrogen-bond acceptors (Lipinski definition) is 6. The van der Waals surface area contributed by atoms with E-state index in [4.69, 9.17) is 13.9 Å². The number of carbonyl (C=O) groups is 1. The van der Waals surface area contributed by atoms with Gasteiger partial charge in [0.2, 0.25) is 5.89 Å². The molecule has 0 spiro atoms. The third kappa shape index (κ3) is 4.03. The summed E-state index contributed by atoms with van der Waals surface area (Å²) in [7, 11) is 0. The predicted molar refractivity (Wildman–Crippen MR) is 110 cm³/mol. The zero-order valence-electron chi connectivity index (χ0n) is 17.3. The van der Waals surface area contributed by atoms with Gasteiger partial charge in [0.25, 0.3) is 11.8 Å². The Kier molecular flexibility index (Phi) is 4.99. The molecule has 1 amide bonds. The van der Waals surface area contributed by atoms with Gasteiger partial charge in [-0.05, 0) is 36.4 Å². The smallest absolute Gasteiger partial charge is 0.268 e. The quantitative estimate of drug-likeness (QED) is 0.538. The third-order valence-electron chi connectivity index (χ3n) is 4.58. The van der Waals surface area contributed by atoms with Crippen molar-refractivity contribution in [2.45, 2.75) is 39.7 Å². The fourth-order valence-electron chi connectivity index (χ4n) is 3.08. The standard InChI is InChI=1S/C22H23N5O3/c1-14-24-25-21(30-14)18-12-19(22(2,3)4)27(26-18)16-8-5-7-15(11-16)20(28)23-13-17-9-6-10-29-17/h5-12H,13H2,1-4H3,(H,23,28). The number of nitrogens with one attached hydrogen (secondary N) is 1. The van der Waals surface area contributed by atoms with Crippen molar-refractivity contribution in [1.82, 2.24) is 25.3 Å². The number of benzene rings is 1. The molecule has 0 saturated carbocycles. The fraction of sp³-hybridized carbons (Fsp3) is 0.273. The van der Waals surface area contributed by atoms with Gasteiger partial charge < -0.3 is 14.2 Å². The first kappa shape index (κ1) is 19.6. The number of rotatable bonds is 5.